The van der Waals surface area contributed by atoms with Crippen LogP contribution in [0.25, 0.3) is 0 Å². The van der Waals surface area contributed by atoms with Gasteiger partial charge >= 0.3 is 17.9 Å². The first-order valence-electron chi connectivity index (χ1n) is 35.1. The van der Waals surface area contributed by atoms with Gasteiger partial charge in [-0.3, -0.25) is 14.4 Å². The van der Waals surface area contributed by atoms with Gasteiger partial charge in [0.1, 0.15) is 13.2 Å². The van der Waals surface area contributed by atoms with E-state index >= 15 is 0 Å². The van der Waals surface area contributed by atoms with Gasteiger partial charge in [0.15, 0.2) is 6.10 Å². The molecule has 0 bridgehead atoms. The Morgan fingerprint density at radius 2 is 0.481 bits per heavy atom. The Balaban J connectivity index is 4.36. The summed E-state index contributed by atoms with van der Waals surface area (Å²) in [6.07, 6.45) is 91.7. The Morgan fingerprint density at radius 1 is 0.259 bits per heavy atom. The molecule has 0 saturated carbocycles. The summed E-state index contributed by atoms with van der Waals surface area (Å²) in [4.78, 5) is 38.4. The SMILES string of the molecule is CC/C=C\C/C=C\C/C=C\C/C=C\C/C=C\C/C=C\CCCCCCC(=O)OC(COC(=O)CCCCCCCCCCCCCCC/C=C\CCCCCCCCCC)COC(=O)CCCCCCCCCCCCCCCCC. The van der Waals surface area contributed by atoms with E-state index in [-0.39, 0.29) is 31.1 Å². The number of rotatable bonds is 64. The van der Waals surface area contributed by atoms with E-state index < -0.39 is 6.10 Å². The van der Waals surface area contributed by atoms with Crippen molar-refractivity contribution in [3.63, 3.8) is 0 Å². The van der Waals surface area contributed by atoms with E-state index in [1.54, 1.807) is 0 Å². The van der Waals surface area contributed by atoms with Crippen molar-refractivity contribution in [3.05, 3.63) is 85.1 Å². The number of hydrogen-bond acceptors (Lipinski definition) is 6. The highest BCUT2D eigenvalue weighted by molar-refractivity contribution is 5.71. The minimum absolute atomic E-state index is 0.0835. The van der Waals surface area contributed by atoms with Crippen LogP contribution in [0.4, 0.5) is 0 Å². The van der Waals surface area contributed by atoms with Gasteiger partial charge in [0.25, 0.3) is 0 Å². The largest absolute Gasteiger partial charge is 0.462 e. The Hall–Kier alpha value is -3.41. The lowest BCUT2D eigenvalue weighted by Gasteiger charge is -2.18. The molecular formula is C75H132O6. The normalized spacial score (nSPS) is 12.6. The summed E-state index contributed by atoms with van der Waals surface area (Å²) < 4.78 is 17.0. The molecular weight excluding hydrogens is 997 g/mol. The first-order valence-corrected chi connectivity index (χ1v) is 35.1. The fourth-order valence-electron chi connectivity index (χ4n) is 10.2. The maximum Gasteiger partial charge on any atom is 0.306 e. The molecule has 0 rings (SSSR count). The zero-order valence-corrected chi connectivity index (χ0v) is 53.8. The van der Waals surface area contributed by atoms with Crippen LogP contribution in [0.1, 0.15) is 355 Å². The molecule has 0 aliphatic carbocycles. The Kier molecular flexibility index (Phi) is 66.2. The van der Waals surface area contributed by atoms with Gasteiger partial charge in [-0.05, 0) is 96.3 Å². The molecule has 0 aromatic rings. The number of hydrogen-bond donors (Lipinski definition) is 0. The van der Waals surface area contributed by atoms with E-state index in [1.165, 1.54) is 205 Å². The smallest absolute Gasteiger partial charge is 0.306 e. The molecule has 0 aliphatic heterocycles. The van der Waals surface area contributed by atoms with Gasteiger partial charge in [0.05, 0.1) is 0 Å². The number of carbonyl (C=O) groups excluding carboxylic acids is 3. The van der Waals surface area contributed by atoms with Crippen molar-refractivity contribution in [2.75, 3.05) is 13.2 Å². The average Bonchev–Trinajstić information content (AvgIpc) is 3.47. The van der Waals surface area contributed by atoms with Gasteiger partial charge in [0.2, 0.25) is 0 Å². The van der Waals surface area contributed by atoms with Crippen LogP contribution in [-0.2, 0) is 28.6 Å². The molecule has 0 saturated heterocycles. The molecule has 0 amide bonds. The summed E-state index contributed by atoms with van der Waals surface area (Å²) in [5.41, 5.74) is 0. The zero-order chi connectivity index (χ0) is 58.5. The number of allylic oxidation sites excluding steroid dienone is 14. The van der Waals surface area contributed by atoms with Crippen molar-refractivity contribution in [1.29, 1.82) is 0 Å². The zero-order valence-electron chi connectivity index (χ0n) is 53.8. The highest BCUT2D eigenvalue weighted by atomic mass is 16.6. The van der Waals surface area contributed by atoms with Crippen LogP contribution < -0.4 is 0 Å². The molecule has 0 aromatic carbocycles. The first kappa shape index (κ1) is 77.6. The number of unbranched alkanes of at least 4 members (excludes halogenated alkanes) is 39. The van der Waals surface area contributed by atoms with Gasteiger partial charge in [0, 0.05) is 19.3 Å². The van der Waals surface area contributed by atoms with E-state index in [1.807, 2.05) is 0 Å². The lowest BCUT2D eigenvalue weighted by atomic mass is 10.0. The van der Waals surface area contributed by atoms with Gasteiger partial charge in [-0.15, -0.1) is 0 Å². The van der Waals surface area contributed by atoms with Crippen LogP contribution >= 0.6 is 0 Å². The van der Waals surface area contributed by atoms with Gasteiger partial charge in [-0.25, -0.2) is 0 Å². The molecule has 6 heteroatoms. The average molecular weight is 1130 g/mol. The fourth-order valence-corrected chi connectivity index (χ4v) is 10.2. The van der Waals surface area contributed by atoms with Gasteiger partial charge in [-0.1, -0.05) is 324 Å². The van der Waals surface area contributed by atoms with Crippen molar-refractivity contribution in [2.24, 2.45) is 0 Å². The van der Waals surface area contributed by atoms with Crippen LogP contribution in [0, 0.1) is 0 Å². The predicted molar refractivity (Wildman–Crippen MR) is 353 cm³/mol. The van der Waals surface area contributed by atoms with Crippen LogP contribution in [0.5, 0.6) is 0 Å². The summed E-state index contributed by atoms with van der Waals surface area (Å²) in [5, 5.41) is 0. The fraction of sp³-hybridized carbons (Fsp3) is 0.773. The lowest BCUT2D eigenvalue weighted by Crippen LogP contribution is -2.30. The Morgan fingerprint density at radius 3 is 0.765 bits per heavy atom. The predicted octanol–water partition coefficient (Wildman–Crippen LogP) is 24.2. The van der Waals surface area contributed by atoms with Crippen LogP contribution in [0.3, 0.4) is 0 Å². The third kappa shape index (κ3) is 67.3. The molecule has 81 heavy (non-hydrogen) atoms. The Labute approximate surface area is 503 Å². The van der Waals surface area contributed by atoms with E-state index in [0.717, 1.165) is 109 Å². The summed E-state index contributed by atoms with van der Waals surface area (Å²) >= 11 is 0. The molecule has 1 unspecified atom stereocenters. The topological polar surface area (TPSA) is 78.9 Å². The lowest BCUT2D eigenvalue weighted by molar-refractivity contribution is -0.167. The highest BCUT2D eigenvalue weighted by Crippen LogP contribution is 2.17. The molecule has 1 atom stereocenters. The van der Waals surface area contributed by atoms with Crippen molar-refractivity contribution in [2.45, 2.75) is 361 Å². The minimum atomic E-state index is -0.791. The van der Waals surface area contributed by atoms with Crippen LogP contribution in [-0.4, -0.2) is 37.2 Å². The van der Waals surface area contributed by atoms with Crippen molar-refractivity contribution in [1.82, 2.24) is 0 Å². The molecule has 6 nitrogen and oxygen atoms in total. The maximum absolute atomic E-state index is 12.9. The first-order chi connectivity index (χ1) is 40.0. The molecule has 0 fully saturated rings. The quantitative estimate of drug-likeness (QED) is 0.0261. The molecule has 0 aliphatic rings. The molecule has 0 radical (unpaired) electrons. The summed E-state index contributed by atoms with van der Waals surface area (Å²) in [6, 6.07) is 0. The molecule has 0 heterocycles. The van der Waals surface area contributed by atoms with Crippen molar-refractivity contribution < 1.29 is 28.6 Å². The van der Waals surface area contributed by atoms with E-state index in [2.05, 4.69) is 106 Å². The van der Waals surface area contributed by atoms with Crippen LogP contribution in [0.15, 0.2) is 85.1 Å². The molecule has 0 aromatic heterocycles. The van der Waals surface area contributed by atoms with E-state index in [4.69, 9.17) is 14.2 Å². The maximum atomic E-state index is 12.9. The van der Waals surface area contributed by atoms with Crippen molar-refractivity contribution >= 4 is 17.9 Å². The van der Waals surface area contributed by atoms with E-state index in [0.29, 0.717) is 19.3 Å². The number of ether oxygens (including phenoxy) is 3. The third-order valence-electron chi connectivity index (χ3n) is 15.4. The second-order valence-electron chi connectivity index (χ2n) is 23.4. The van der Waals surface area contributed by atoms with Crippen molar-refractivity contribution in [3.8, 4) is 0 Å². The second-order valence-corrected chi connectivity index (χ2v) is 23.4. The number of carbonyl (C=O) groups is 3. The molecule has 0 N–H and O–H groups in total. The standard InChI is InChI=1S/C75H132O6/c1-4-7-10-13-16-19-22-25-28-30-32-34-36-37-39-40-42-44-47-50-53-56-59-62-65-68-74(77)80-71-72(70-79-73(76)67-64-61-58-55-52-49-46-27-24-21-18-15-12-9-6-3)81-75(78)69-66-63-60-57-54-51-48-45-43-41-38-35-33-31-29-26-23-20-17-14-11-8-5-2/h8,11,17,20,26,29-30,32-33,35,41,43,48,51,72H,4-7,9-10,12-16,18-19,21-25,27-28,31,34,36-40,42,44-47,49-50,52-71H2,1-3H3/b11-8-,20-17-,29-26-,32-30-,35-33-,43-41-,51-48-. The highest BCUT2D eigenvalue weighted by Gasteiger charge is 2.19. The van der Waals surface area contributed by atoms with Gasteiger partial charge in [-0.2, -0.15) is 0 Å². The monoisotopic (exact) mass is 1130 g/mol. The van der Waals surface area contributed by atoms with Crippen LogP contribution in [0.2, 0.25) is 0 Å². The van der Waals surface area contributed by atoms with E-state index in [9.17, 15) is 14.4 Å². The summed E-state index contributed by atoms with van der Waals surface area (Å²) in [7, 11) is 0. The second kappa shape index (κ2) is 69.1. The van der Waals surface area contributed by atoms with Gasteiger partial charge < -0.3 is 14.2 Å². The Bertz CT molecular complexity index is 1530. The molecule has 0 spiro atoms. The molecule has 468 valence electrons. The number of esters is 3. The summed E-state index contributed by atoms with van der Waals surface area (Å²) in [5.74, 6) is -0.889. The summed E-state index contributed by atoms with van der Waals surface area (Å²) in [6.45, 7) is 6.56. The minimum Gasteiger partial charge on any atom is -0.462 e. The third-order valence-corrected chi connectivity index (χ3v) is 15.4.